The fourth-order valence-corrected chi connectivity index (χ4v) is 3.74. The molecule has 2 atom stereocenters. The number of amides is 1. The molecule has 0 bridgehead atoms. The minimum Gasteiger partial charge on any atom is -0.496 e. The SMILES string of the molecule is COC(=O)c1[nH]c2cccc(OC)c2c1NC(=O)[C@@H](C)N1CCC[C@H](C)C1. The molecule has 0 spiro atoms. The molecule has 1 fully saturated rings. The lowest BCUT2D eigenvalue weighted by Gasteiger charge is -2.34. The van der Waals surface area contributed by atoms with Crippen LogP contribution in [0.2, 0.25) is 0 Å². The number of benzene rings is 1. The lowest BCUT2D eigenvalue weighted by molar-refractivity contribution is -0.121. The first-order valence-electron chi connectivity index (χ1n) is 9.28. The first-order chi connectivity index (χ1) is 13.0. The van der Waals surface area contributed by atoms with Gasteiger partial charge in [0.25, 0.3) is 0 Å². The number of piperidine rings is 1. The molecule has 27 heavy (non-hydrogen) atoms. The number of carbonyl (C=O) groups excluding carboxylic acids is 2. The number of hydrogen-bond donors (Lipinski definition) is 2. The van der Waals surface area contributed by atoms with Crippen LogP contribution in [0.1, 0.15) is 37.2 Å². The maximum Gasteiger partial charge on any atom is 0.356 e. The third-order valence-corrected chi connectivity index (χ3v) is 5.26. The predicted octanol–water partition coefficient (Wildman–Crippen LogP) is 3.02. The zero-order valence-electron chi connectivity index (χ0n) is 16.3. The van der Waals surface area contributed by atoms with E-state index in [1.807, 2.05) is 19.1 Å². The van der Waals surface area contributed by atoms with Gasteiger partial charge in [-0.15, -0.1) is 0 Å². The van der Waals surface area contributed by atoms with Gasteiger partial charge in [0.2, 0.25) is 5.91 Å². The highest BCUT2D eigenvalue weighted by molar-refractivity contribution is 6.13. The van der Waals surface area contributed by atoms with Gasteiger partial charge in [0.05, 0.1) is 36.9 Å². The Morgan fingerprint density at radius 1 is 1.33 bits per heavy atom. The van der Waals surface area contributed by atoms with Crippen LogP contribution in [0, 0.1) is 5.92 Å². The summed E-state index contributed by atoms with van der Waals surface area (Å²) in [4.78, 5) is 30.4. The number of likely N-dealkylation sites (tertiary alicyclic amines) is 1. The second kappa shape index (κ2) is 8.00. The molecule has 2 heterocycles. The zero-order chi connectivity index (χ0) is 19.6. The normalized spacial score (nSPS) is 18.9. The highest BCUT2D eigenvalue weighted by Crippen LogP contribution is 2.36. The van der Waals surface area contributed by atoms with Gasteiger partial charge in [-0.05, 0) is 44.4 Å². The lowest BCUT2D eigenvalue weighted by Crippen LogP contribution is -2.46. The van der Waals surface area contributed by atoms with Gasteiger partial charge in [-0.3, -0.25) is 9.69 Å². The standard InChI is InChI=1S/C20H27N3O4/c1-12-7-6-10-23(11-12)13(2)19(24)22-17-16-14(8-5-9-15(16)26-3)21-18(17)20(25)27-4/h5,8-9,12-13,21H,6-7,10-11H2,1-4H3,(H,22,24)/t12-,13+/m0/s1. The van der Waals surface area contributed by atoms with Gasteiger partial charge in [0.15, 0.2) is 0 Å². The number of esters is 1. The molecular weight excluding hydrogens is 346 g/mol. The number of nitrogens with zero attached hydrogens (tertiary/aromatic N) is 1. The van der Waals surface area contributed by atoms with E-state index in [0.717, 1.165) is 19.5 Å². The van der Waals surface area contributed by atoms with E-state index in [1.54, 1.807) is 13.2 Å². The molecule has 1 saturated heterocycles. The molecule has 3 rings (SSSR count). The molecule has 2 aromatic rings. The van der Waals surface area contributed by atoms with Gasteiger partial charge in [-0.25, -0.2) is 4.79 Å². The molecule has 1 aliphatic heterocycles. The second-order valence-corrected chi connectivity index (χ2v) is 7.16. The molecule has 7 nitrogen and oxygen atoms in total. The third-order valence-electron chi connectivity index (χ3n) is 5.26. The predicted molar refractivity (Wildman–Crippen MR) is 104 cm³/mol. The maximum absolute atomic E-state index is 13.0. The quantitative estimate of drug-likeness (QED) is 0.787. The van der Waals surface area contributed by atoms with E-state index < -0.39 is 5.97 Å². The molecule has 7 heteroatoms. The Hall–Kier alpha value is -2.54. The van der Waals surface area contributed by atoms with Crippen molar-refractivity contribution in [2.75, 3.05) is 32.6 Å². The molecule has 1 aliphatic rings. The highest BCUT2D eigenvalue weighted by atomic mass is 16.5. The number of aromatic amines is 1. The molecule has 0 radical (unpaired) electrons. The average molecular weight is 373 g/mol. The third kappa shape index (κ3) is 3.78. The van der Waals surface area contributed by atoms with E-state index in [2.05, 4.69) is 22.1 Å². The Morgan fingerprint density at radius 3 is 2.78 bits per heavy atom. The molecule has 0 saturated carbocycles. The molecule has 146 valence electrons. The van der Waals surface area contributed by atoms with Crippen LogP contribution in [0.4, 0.5) is 5.69 Å². The molecule has 0 unspecified atom stereocenters. The number of fused-ring (bicyclic) bond motifs is 1. The van der Waals surface area contributed by atoms with E-state index >= 15 is 0 Å². The zero-order valence-corrected chi connectivity index (χ0v) is 16.3. The number of methoxy groups -OCH3 is 2. The smallest absolute Gasteiger partial charge is 0.356 e. The fourth-order valence-electron chi connectivity index (χ4n) is 3.74. The molecule has 1 aromatic carbocycles. The van der Waals surface area contributed by atoms with Crippen molar-refractivity contribution in [2.24, 2.45) is 5.92 Å². The van der Waals surface area contributed by atoms with Crippen LogP contribution in [0.5, 0.6) is 5.75 Å². The Labute approximate surface area is 159 Å². The first-order valence-corrected chi connectivity index (χ1v) is 9.28. The van der Waals surface area contributed by atoms with Gasteiger partial charge in [0, 0.05) is 6.54 Å². The Kier molecular flexibility index (Phi) is 5.70. The summed E-state index contributed by atoms with van der Waals surface area (Å²) in [5.74, 6) is 0.463. The van der Waals surface area contributed by atoms with Crippen LogP contribution in [0.15, 0.2) is 18.2 Å². The summed E-state index contributed by atoms with van der Waals surface area (Å²) >= 11 is 0. The monoisotopic (exact) mass is 373 g/mol. The summed E-state index contributed by atoms with van der Waals surface area (Å²) in [5, 5.41) is 3.60. The largest absolute Gasteiger partial charge is 0.496 e. The highest BCUT2D eigenvalue weighted by Gasteiger charge is 2.28. The lowest BCUT2D eigenvalue weighted by atomic mass is 9.99. The van der Waals surface area contributed by atoms with Crippen LogP contribution >= 0.6 is 0 Å². The number of anilines is 1. The average Bonchev–Trinajstić information content (AvgIpc) is 3.05. The van der Waals surface area contributed by atoms with Gasteiger partial charge in [-0.2, -0.15) is 0 Å². The number of carbonyl (C=O) groups is 2. The number of nitrogens with one attached hydrogen (secondary N) is 2. The Bertz CT molecular complexity index is 845. The molecule has 1 amide bonds. The Balaban J connectivity index is 1.94. The van der Waals surface area contributed by atoms with Crippen LogP contribution in [0.25, 0.3) is 10.9 Å². The number of rotatable bonds is 5. The minimum absolute atomic E-state index is 0.152. The molecule has 2 N–H and O–H groups in total. The number of H-pyrrole nitrogens is 1. The van der Waals surface area contributed by atoms with E-state index in [0.29, 0.717) is 28.3 Å². The van der Waals surface area contributed by atoms with E-state index in [1.165, 1.54) is 13.5 Å². The van der Waals surface area contributed by atoms with E-state index in [4.69, 9.17) is 9.47 Å². The second-order valence-electron chi connectivity index (χ2n) is 7.16. The Morgan fingerprint density at radius 2 is 2.11 bits per heavy atom. The maximum atomic E-state index is 13.0. The van der Waals surface area contributed by atoms with Gasteiger partial charge in [-0.1, -0.05) is 13.0 Å². The summed E-state index contributed by atoms with van der Waals surface area (Å²) < 4.78 is 10.3. The molecule has 0 aliphatic carbocycles. The summed E-state index contributed by atoms with van der Waals surface area (Å²) in [6.07, 6.45) is 2.28. The van der Waals surface area contributed by atoms with Crippen molar-refractivity contribution in [1.82, 2.24) is 9.88 Å². The van der Waals surface area contributed by atoms with Crippen LogP contribution in [-0.2, 0) is 9.53 Å². The van der Waals surface area contributed by atoms with Crippen molar-refractivity contribution in [1.29, 1.82) is 0 Å². The fraction of sp³-hybridized carbons (Fsp3) is 0.500. The van der Waals surface area contributed by atoms with Gasteiger partial charge < -0.3 is 19.8 Å². The van der Waals surface area contributed by atoms with Crippen molar-refractivity contribution < 1.29 is 19.1 Å². The first kappa shape index (κ1) is 19.2. The summed E-state index contributed by atoms with van der Waals surface area (Å²) in [7, 11) is 2.87. The minimum atomic E-state index is -0.539. The number of ether oxygens (including phenoxy) is 2. The number of hydrogen-bond acceptors (Lipinski definition) is 5. The van der Waals surface area contributed by atoms with Crippen molar-refractivity contribution in [3.05, 3.63) is 23.9 Å². The van der Waals surface area contributed by atoms with Crippen molar-refractivity contribution in [2.45, 2.75) is 32.7 Å². The topological polar surface area (TPSA) is 83.7 Å². The van der Waals surface area contributed by atoms with Crippen molar-refractivity contribution in [3.63, 3.8) is 0 Å². The van der Waals surface area contributed by atoms with Gasteiger partial charge >= 0.3 is 5.97 Å². The molecule has 1 aromatic heterocycles. The van der Waals surface area contributed by atoms with Crippen molar-refractivity contribution in [3.8, 4) is 5.75 Å². The molecular formula is C20H27N3O4. The summed E-state index contributed by atoms with van der Waals surface area (Å²) in [5.41, 5.74) is 1.31. The van der Waals surface area contributed by atoms with Gasteiger partial charge in [0.1, 0.15) is 11.4 Å². The van der Waals surface area contributed by atoms with Crippen molar-refractivity contribution >= 4 is 28.5 Å². The van der Waals surface area contributed by atoms with Crippen LogP contribution in [0.3, 0.4) is 0 Å². The summed E-state index contributed by atoms with van der Waals surface area (Å²) in [6, 6.07) is 5.15. The van der Waals surface area contributed by atoms with E-state index in [-0.39, 0.29) is 17.6 Å². The van der Waals surface area contributed by atoms with E-state index in [9.17, 15) is 9.59 Å². The van der Waals surface area contributed by atoms with Crippen LogP contribution in [-0.4, -0.2) is 55.1 Å². The number of aromatic nitrogens is 1. The van der Waals surface area contributed by atoms with Crippen LogP contribution < -0.4 is 10.1 Å². The summed E-state index contributed by atoms with van der Waals surface area (Å²) in [6.45, 7) is 5.91.